The van der Waals surface area contributed by atoms with Crippen LogP contribution in [0.2, 0.25) is 0 Å². The van der Waals surface area contributed by atoms with Crippen molar-refractivity contribution in [2.24, 2.45) is 5.92 Å². The molecule has 108 valence electrons. The average molecular weight is 275 g/mol. The summed E-state index contributed by atoms with van der Waals surface area (Å²) >= 11 is 0. The Hall–Kier alpha value is -1.88. The molecule has 5 nitrogen and oxygen atoms in total. The summed E-state index contributed by atoms with van der Waals surface area (Å²) in [4.78, 5) is 16.3. The Morgan fingerprint density at radius 1 is 1.40 bits per heavy atom. The van der Waals surface area contributed by atoms with E-state index in [2.05, 4.69) is 24.1 Å². The van der Waals surface area contributed by atoms with Crippen molar-refractivity contribution < 1.29 is 9.90 Å². The first-order chi connectivity index (χ1) is 9.60. The third kappa shape index (κ3) is 3.57. The van der Waals surface area contributed by atoms with Crippen LogP contribution in [-0.2, 0) is 11.3 Å². The van der Waals surface area contributed by atoms with Crippen LogP contribution in [0.15, 0.2) is 30.6 Å². The second-order valence-corrected chi connectivity index (χ2v) is 5.44. The lowest BCUT2D eigenvalue weighted by Crippen LogP contribution is -2.40. The number of fused-ring (bicyclic) bond motifs is 1. The molecule has 2 aromatic rings. The molecule has 0 radical (unpaired) electrons. The summed E-state index contributed by atoms with van der Waals surface area (Å²) < 4.78 is 1.81. The first-order valence-electron chi connectivity index (χ1n) is 6.90. The third-order valence-electron chi connectivity index (χ3n) is 3.18. The van der Waals surface area contributed by atoms with E-state index in [0.29, 0.717) is 5.92 Å². The van der Waals surface area contributed by atoms with Gasteiger partial charge in [0.15, 0.2) is 0 Å². The molecule has 0 spiro atoms. The van der Waals surface area contributed by atoms with E-state index in [4.69, 9.17) is 0 Å². The van der Waals surface area contributed by atoms with E-state index in [9.17, 15) is 9.90 Å². The molecular weight excluding hydrogens is 254 g/mol. The van der Waals surface area contributed by atoms with Crippen molar-refractivity contribution in [3.8, 4) is 0 Å². The molecule has 0 fully saturated rings. The van der Waals surface area contributed by atoms with Crippen LogP contribution < -0.4 is 5.32 Å². The van der Waals surface area contributed by atoms with Gasteiger partial charge >= 0.3 is 0 Å². The number of amides is 1. The number of hydrogen-bond donors (Lipinski definition) is 2. The van der Waals surface area contributed by atoms with Crippen LogP contribution in [0, 0.1) is 5.92 Å². The third-order valence-corrected chi connectivity index (χ3v) is 3.18. The van der Waals surface area contributed by atoms with Gasteiger partial charge in [0.25, 0.3) is 0 Å². The smallest absolute Gasteiger partial charge is 0.240 e. The quantitative estimate of drug-likeness (QED) is 0.840. The Balaban J connectivity index is 2.00. The molecule has 0 aliphatic heterocycles. The predicted octanol–water partition coefficient (Wildman–Crippen LogP) is 1.56. The van der Waals surface area contributed by atoms with Gasteiger partial charge in [-0.25, -0.2) is 4.98 Å². The number of aliphatic hydroxyl groups is 1. The zero-order valence-corrected chi connectivity index (χ0v) is 11.9. The Morgan fingerprint density at radius 3 is 2.85 bits per heavy atom. The van der Waals surface area contributed by atoms with Gasteiger partial charge in [-0.1, -0.05) is 26.0 Å². The molecule has 0 aliphatic carbocycles. The van der Waals surface area contributed by atoms with Gasteiger partial charge in [0.05, 0.1) is 30.0 Å². The Kier molecular flexibility index (Phi) is 4.74. The number of carbonyl (C=O) groups excluding carboxylic acids is 1. The van der Waals surface area contributed by atoms with Gasteiger partial charge in [-0.05, 0) is 24.5 Å². The molecule has 1 atom stereocenters. The minimum absolute atomic E-state index is 0.0331. The highest BCUT2D eigenvalue weighted by atomic mass is 16.3. The second kappa shape index (κ2) is 6.52. The molecule has 1 aromatic carbocycles. The van der Waals surface area contributed by atoms with E-state index in [-0.39, 0.29) is 25.1 Å². The topological polar surface area (TPSA) is 67.2 Å². The number of aliphatic hydroxyl groups excluding tert-OH is 1. The highest BCUT2D eigenvalue weighted by Crippen LogP contribution is 2.11. The molecule has 2 rings (SSSR count). The van der Waals surface area contributed by atoms with Crippen LogP contribution in [0.5, 0.6) is 0 Å². The fourth-order valence-electron chi connectivity index (χ4n) is 2.31. The number of nitrogens with zero attached hydrogens (tertiary/aromatic N) is 2. The van der Waals surface area contributed by atoms with Crippen LogP contribution in [0.4, 0.5) is 0 Å². The minimum atomic E-state index is -0.183. The summed E-state index contributed by atoms with van der Waals surface area (Å²) in [5.41, 5.74) is 1.81. The maximum absolute atomic E-state index is 12.0. The van der Waals surface area contributed by atoms with Crippen molar-refractivity contribution in [3.63, 3.8) is 0 Å². The average Bonchev–Trinajstić information content (AvgIpc) is 2.81. The Morgan fingerprint density at radius 2 is 2.15 bits per heavy atom. The summed E-state index contributed by atoms with van der Waals surface area (Å²) in [5.74, 6) is 0.328. The molecule has 2 N–H and O–H groups in total. The zero-order valence-electron chi connectivity index (χ0n) is 11.9. The summed E-state index contributed by atoms with van der Waals surface area (Å²) in [5, 5.41) is 12.2. The lowest BCUT2D eigenvalue weighted by atomic mass is 10.0. The number of para-hydroxylation sites is 2. The van der Waals surface area contributed by atoms with Crippen LogP contribution in [0.3, 0.4) is 0 Å². The van der Waals surface area contributed by atoms with Gasteiger partial charge in [0.1, 0.15) is 6.54 Å². The van der Waals surface area contributed by atoms with E-state index in [0.717, 1.165) is 17.5 Å². The van der Waals surface area contributed by atoms with Gasteiger partial charge in [-0.2, -0.15) is 0 Å². The highest BCUT2D eigenvalue weighted by molar-refractivity contribution is 5.80. The minimum Gasteiger partial charge on any atom is -0.394 e. The lowest BCUT2D eigenvalue weighted by Gasteiger charge is -2.18. The number of carbonyl (C=O) groups is 1. The normalized spacial score (nSPS) is 12.8. The first kappa shape index (κ1) is 14.5. The van der Waals surface area contributed by atoms with Crippen molar-refractivity contribution in [2.75, 3.05) is 6.61 Å². The largest absolute Gasteiger partial charge is 0.394 e. The van der Waals surface area contributed by atoms with Gasteiger partial charge in [0, 0.05) is 0 Å². The van der Waals surface area contributed by atoms with Crippen molar-refractivity contribution in [1.82, 2.24) is 14.9 Å². The summed E-state index contributed by atoms with van der Waals surface area (Å²) in [6, 6.07) is 7.52. The van der Waals surface area contributed by atoms with Gasteiger partial charge in [0.2, 0.25) is 5.91 Å². The Labute approximate surface area is 118 Å². The Bertz CT molecular complexity index is 577. The number of benzene rings is 1. The molecule has 1 aromatic heterocycles. The van der Waals surface area contributed by atoms with E-state index in [1.165, 1.54) is 0 Å². The number of aromatic nitrogens is 2. The van der Waals surface area contributed by atoms with Crippen LogP contribution >= 0.6 is 0 Å². The molecular formula is C15H21N3O2. The zero-order chi connectivity index (χ0) is 14.5. The number of hydrogen-bond acceptors (Lipinski definition) is 3. The van der Waals surface area contributed by atoms with Gasteiger partial charge in [-0.3, -0.25) is 4.79 Å². The maximum atomic E-state index is 12.0. The van der Waals surface area contributed by atoms with Crippen LogP contribution in [-0.4, -0.2) is 33.2 Å². The van der Waals surface area contributed by atoms with E-state index < -0.39 is 0 Å². The maximum Gasteiger partial charge on any atom is 0.240 e. The summed E-state index contributed by atoms with van der Waals surface area (Å²) in [6.07, 6.45) is 2.44. The van der Waals surface area contributed by atoms with Crippen LogP contribution in [0.1, 0.15) is 20.3 Å². The summed E-state index contributed by atoms with van der Waals surface area (Å²) in [6.45, 7) is 4.32. The molecule has 0 saturated carbocycles. The number of nitrogens with one attached hydrogen (secondary N) is 1. The SMILES string of the molecule is CC(C)CC(CO)NC(=O)Cn1cnc2ccccc21. The lowest BCUT2D eigenvalue weighted by molar-refractivity contribution is -0.122. The van der Waals surface area contributed by atoms with Gasteiger partial charge in [-0.15, -0.1) is 0 Å². The van der Waals surface area contributed by atoms with Crippen molar-refractivity contribution in [3.05, 3.63) is 30.6 Å². The highest BCUT2D eigenvalue weighted by Gasteiger charge is 2.14. The molecule has 0 bridgehead atoms. The fourth-order valence-corrected chi connectivity index (χ4v) is 2.31. The number of rotatable bonds is 6. The van der Waals surface area contributed by atoms with E-state index in [1.807, 2.05) is 28.8 Å². The molecule has 0 aliphatic rings. The molecule has 1 unspecified atom stereocenters. The van der Waals surface area contributed by atoms with Crippen molar-refractivity contribution in [2.45, 2.75) is 32.9 Å². The fraction of sp³-hybridized carbons (Fsp3) is 0.467. The van der Waals surface area contributed by atoms with E-state index in [1.54, 1.807) is 6.33 Å². The monoisotopic (exact) mass is 275 g/mol. The molecule has 0 saturated heterocycles. The first-order valence-corrected chi connectivity index (χ1v) is 6.90. The van der Waals surface area contributed by atoms with Gasteiger partial charge < -0.3 is 15.0 Å². The van der Waals surface area contributed by atoms with Crippen molar-refractivity contribution >= 4 is 16.9 Å². The molecule has 20 heavy (non-hydrogen) atoms. The second-order valence-electron chi connectivity index (χ2n) is 5.44. The molecule has 5 heteroatoms. The number of imidazole rings is 1. The van der Waals surface area contributed by atoms with Crippen molar-refractivity contribution in [1.29, 1.82) is 0 Å². The summed E-state index contributed by atoms with van der Waals surface area (Å²) in [7, 11) is 0. The van der Waals surface area contributed by atoms with Crippen LogP contribution in [0.25, 0.3) is 11.0 Å². The van der Waals surface area contributed by atoms with E-state index >= 15 is 0 Å². The molecule has 1 amide bonds. The molecule has 1 heterocycles. The predicted molar refractivity (Wildman–Crippen MR) is 78.2 cm³/mol. The standard InChI is InChI=1S/C15H21N3O2/c1-11(2)7-12(9-19)17-15(20)8-18-10-16-13-5-3-4-6-14(13)18/h3-6,10-12,19H,7-9H2,1-2H3,(H,17,20).